The molecule has 2 aromatic carbocycles. The third kappa shape index (κ3) is 3.82. The van der Waals surface area contributed by atoms with E-state index in [0.717, 1.165) is 21.9 Å². The van der Waals surface area contributed by atoms with Crippen molar-refractivity contribution in [3.63, 3.8) is 0 Å². The number of hydrogen-bond donors (Lipinski definition) is 1. The predicted octanol–water partition coefficient (Wildman–Crippen LogP) is 4.46. The van der Waals surface area contributed by atoms with Crippen LogP contribution in [0.5, 0.6) is 0 Å². The molecule has 1 atom stereocenters. The van der Waals surface area contributed by atoms with Crippen LogP contribution in [0.25, 0.3) is 0 Å². The van der Waals surface area contributed by atoms with Crippen molar-refractivity contribution in [2.75, 3.05) is 6.54 Å². The molecule has 1 aromatic heterocycles. The number of carbonyl (C=O) groups is 3. The first-order valence-electron chi connectivity index (χ1n) is 10.3. The molecule has 1 saturated heterocycles. The summed E-state index contributed by atoms with van der Waals surface area (Å²) in [6, 6.07) is 18.0. The van der Waals surface area contributed by atoms with Gasteiger partial charge >= 0.3 is 6.03 Å². The van der Waals surface area contributed by atoms with Crippen molar-refractivity contribution in [1.82, 2.24) is 14.8 Å². The van der Waals surface area contributed by atoms with Gasteiger partial charge in [-0.15, -0.1) is 0 Å². The van der Waals surface area contributed by atoms with Gasteiger partial charge in [0.25, 0.3) is 5.91 Å². The number of nitrogens with one attached hydrogen (secondary N) is 1. The van der Waals surface area contributed by atoms with E-state index in [9.17, 15) is 14.4 Å². The van der Waals surface area contributed by atoms with E-state index in [-0.39, 0.29) is 12.3 Å². The summed E-state index contributed by atoms with van der Waals surface area (Å²) in [7, 11) is 0. The van der Waals surface area contributed by atoms with Crippen LogP contribution in [0.2, 0.25) is 5.02 Å². The SMILES string of the molecule is Cc1cc(C(=O)CN2C(=O)NC(C)(c3cccc(Cl)c3)C2=O)c(C)n1Cc1ccccc1. The number of Topliss-reactive ketones (excluding diaryl/α,β-unsaturated/α-hetero) is 1. The number of urea groups is 1. The molecule has 1 aliphatic rings. The van der Waals surface area contributed by atoms with Gasteiger partial charge in [-0.2, -0.15) is 0 Å². The molecule has 3 amide bonds. The lowest BCUT2D eigenvalue weighted by Gasteiger charge is -2.22. The molecule has 0 bridgehead atoms. The molecular formula is C25H24ClN3O3. The van der Waals surface area contributed by atoms with Gasteiger partial charge in [-0.05, 0) is 50.1 Å². The number of ketones is 1. The third-order valence-corrected chi connectivity index (χ3v) is 6.27. The van der Waals surface area contributed by atoms with E-state index in [1.54, 1.807) is 31.2 Å². The maximum absolute atomic E-state index is 13.2. The zero-order valence-electron chi connectivity index (χ0n) is 18.2. The second kappa shape index (κ2) is 8.28. The van der Waals surface area contributed by atoms with Gasteiger partial charge < -0.3 is 9.88 Å². The molecule has 1 aliphatic heterocycles. The highest BCUT2D eigenvalue weighted by Gasteiger charge is 2.49. The van der Waals surface area contributed by atoms with Gasteiger partial charge in [0, 0.05) is 28.5 Å². The molecule has 6 nitrogen and oxygen atoms in total. The van der Waals surface area contributed by atoms with Crippen molar-refractivity contribution in [3.8, 4) is 0 Å². The number of benzene rings is 2. The average Bonchev–Trinajstić information content (AvgIpc) is 3.17. The second-order valence-corrected chi connectivity index (χ2v) is 8.67. The fraction of sp³-hybridized carbons (Fsp3) is 0.240. The monoisotopic (exact) mass is 449 g/mol. The van der Waals surface area contributed by atoms with E-state index >= 15 is 0 Å². The van der Waals surface area contributed by atoms with Gasteiger partial charge in [-0.1, -0.05) is 54.1 Å². The Morgan fingerprint density at radius 2 is 1.75 bits per heavy atom. The summed E-state index contributed by atoms with van der Waals surface area (Å²) in [6.07, 6.45) is 0. The number of aryl methyl sites for hydroxylation is 1. The first-order chi connectivity index (χ1) is 15.2. The molecule has 164 valence electrons. The van der Waals surface area contributed by atoms with Gasteiger partial charge in [-0.3, -0.25) is 14.5 Å². The Balaban J connectivity index is 1.56. The Labute approximate surface area is 191 Å². The largest absolute Gasteiger partial charge is 0.344 e. The van der Waals surface area contributed by atoms with Gasteiger partial charge in [-0.25, -0.2) is 4.79 Å². The van der Waals surface area contributed by atoms with Crippen molar-refractivity contribution >= 4 is 29.3 Å². The zero-order valence-corrected chi connectivity index (χ0v) is 18.9. The lowest BCUT2D eigenvalue weighted by Crippen LogP contribution is -2.41. The standard InChI is InChI=1S/C25H24ClN3O3/c1-16-12-21(17(2)28(16)14-18-8-5-4-6-9-18)22(30)15-29-23(31)25(3,27-24(29)32)19-10-7-11-20(26)13-19/h4-13H,14-15H2,1-3H3,(H,27,32). The highest BCUT2D eigenvalue weighted by atomic mass is 35.5. The molecule has 1 fully saturated rings. The number of nitrogens with zero attached hydrogens (tertiary/aromatic N) is 2. The molecule has 2 heterocycles. The highest BCUT2D eigenvalue weighted by molar-refractivity contribution is 6.30. The van der Waals surface area contributed by atoms with Crippen molar-refractivity contribution in [3.05, 3.63) is 93.8 Å². The van der Waals surface area contributed by atoms with Gasteiger partial charge in [0.2, 0.25) is 0 Å². The van der Waals surface area contributed by atoms with Crippen LogP contribution in [0.4, 0.5) is 4.79 Å². The number of rotatable bonds is 6. The highest BCUT2D eigenvalue weighted by Crippen LogP contribution is 2.30. The minimum absolute atomic E-state index is 0.281. The van der Waals surface area contributed by atoms with Crippen molar-refractivity contribution in [1.29, 1.82) is 0 Å². The summed E-state index contributed by atoms with van der Waals surface area (Å²) in [5, 5.41) is 3.18. The Morgan fingerprint density at radius 3 is 2.44 bits per heavy atom. The number of amides is 3. The van der Waals surface area contributed by atoms with Crippen LogP contribution >= 0.6 is 11.6 Å². The molecule has 7 heteroatoms. The number of halogens is 1. The van der Waals surface area contributed by atoms with Gasteiger partial charge in [0.05, 0.1) is 6.54 Å². The number of aromatic nitrogens is 1. The lowest BCUT2D eigenvalue weighted by atomic mass is 9.92. The first kappa shape index (κ1) is 21.8. The number of carbonyl (C=O) groups excluding carboxylic acids is 3. The van der Waals surface area contributed by atoms with Gasteiger partial charge in [0.15, 0.2) is 5.78 Å². The molecule has 1 unspecified atom stereocenters. The van der Waals surface area contributed by atoms with E-state index in [1.165, 1.54) is 0 Å². The summed E-state index contributed by atoms with van der Waals surface area (Å²) in [4.78, 5) is 39.9. The van der Waals surface area contributed by atoms with Crippen LogP contribution in [0.3, 0.4) is 0 Å². The van der Waals surface area contributed by atoms with Crippen LogP contribution in [-0.4, -0.2) is 33.7 Å². The topological polar surface area (TPSA) is 71.4 Å². The Hall–Kier alpha value is -3.38. The number of imide groups is 1. The predicted molar refractivity (Wildman–Crippen MR) is 123 cm³/mol. The smallest absolute Gasteiger partial charge is 0.325 e. The fourth-order valence-electron chi connectivity index (χ4n) is 4.16. The molecular weight excluding hydrogens is 426 g/mol. The quantitative estimate of drug-likeness (QED) is 0.446. The van der Waals surface area contributed by atoms with Crippen LogP contribution in [0.1, 0.15) is 39.8 Å². The molecule has 3 aromatic rings. The Bertz CT molecular complexity index is 1220. The van der Waals surface area contributed by atoms with E-state index in [4.69, 9.17) is 11.6 Å². The van der Waals surface area contributed by atoms with Crippen molar-refractivity contribution in [2.24, 2.45) is 0 Å². The second-order valence-electron chi connectivity index (χ2n) is 8.24. The maximum Gasteiger partial charge on any atom is 0.325 e. The van der Waals surface area contributed by atoms with Crippen molar-refractivity contribution < 1.29 is 14.4 Å². The van der Waals surface area contributed by atoms with Crippen LogP contribution in [0.15, 0.2) is 60.7 Å². The molecule has 4 rings (SSSR count). The Morgan fingerprint density at radius 1 is 1.03 bits per heavy atom. The van der Waals surface area contributed by atoms with Crippen LogP contribution < -0.4 is 5.32 Å². The molecule has 0 radical (unpaired) electrons. The van der Waals surface area contributed by atoms with Crippen molar-refractivity contribution in [2.45, 2.75) is 32.9 Å². The minimum atomic E-state index is -1.27. The van der Waals surface area contributed by atoms with E-state index in [1.807, 2.05) is 50.2 Å². The summed E-state index contributed by atoms with van der Waals surface area (Å²) in [5.74, 6) is -0.757. The molecule has 0 spiro atoms. The lowest BCUT2D eigenvalue weighted by molar-refractivity contribution is -0.130. The minimum Gasteiger partial charge on any atom is -0.344 e. The van der Waals surface area contributed by atoms with Gasteiger partial charge in [0.1, 0.15) is 5.54 Å². The molecule has 1 N–H and O–H groups in total. The first-order valence-corrected chi connectivity index (χ1v) is 10.7. The Kier molecular flexibility index (Phi) is 5.65. The molecule has 32 heavy (non-hydrogen) atoms. The maximum atomic E-state index is 13.2. The summed E-state index contributed by atoms with van der Waals surface area (Å²) in [5.41, 5.74) is 2.68. The molecule has 0 aliphatic carbocycles. The summed E-state index contributed by atoms with van der Waals surface area (Å²) in [6.45, 7) is 5.76. The normalized spacial score (nSPS) is 18.2. The fourth-order valence-corrected chi connectivity index (χ4v) is 4.35. The molecule has 0 saturated carbocycles. The zero-order chi connectivity index (χ0) is 23.0. The van der Waals surface area contributed by atoms with Crippen LogP contribution in [-0.2, 0) is 16.9 Å². The van der Waals surface area contributed by atoms with E-state index in [0.29, 0.717) is 22.7 Å². The van der Waals surface area contributed by atoms with Crippen LogP contribution in [0, 0.1) is 13.8 Å². The third-order valence-electron chi connectivity index (χ3n) is 6.04. The summed E-state index contributed by atoms with van der Waals surface area (Å²) >= 11 is 6.07. The van der Waals surface area contributed by atoms with E-state index < -0.39 is 17.5 Å². The summed E-state index contributed by atoms with van der Waals surface area (Å²) < 4.78 is 2.06. The number of hydrogen-bond acceptors (Lipinski definition) is 3. The average molecular weight is 450 g/mol. The van der Waals surface area contributed by atoms with E-state index in [2.05, 4.69) is 9.88 Å².